The third-order valence-corrected chi connectivity index (χ3v) is 4.43. The summed E-state index contributed by atoms with van der Waals surface area (Å²) in [5.41, 5.74) is 0.943. The first-order chi connectivity index (χ1) is 11.2. The zero-order valence-electron chi connectivity index (χ0n) is 14.6. The summed E-state index contributed by atoms with van der Waals surface area (Å²) in [6.45, 7) is 6.78. The predicted molar refractivity (Wildman–Crippen MR) is 95.3 cm³/mol. The number of carbonyl (C=O) groups excluding carboxylic acids is 2. The summed E-state index contributed by atoms with van der Waals surface area (Å²) in [5.74, 6) is -0.273. The summed E-state index contributed by atoms with van der Waals surface area (Å²) in [5, 5.41) is 0. The van der Waals surface area contributed by atoms with Gasteiger partial charge in [0.25, 0.3) is 0 Å². The number of likely N-dealkylation sites (tertiary alicyclic amines) is 1. The summed E-state index contributed by atoms with van der Waals surface area (Å²) in [6, 6.07) is 5.53. The van der Waals surface area contributed by atoms with Crippen molar-refractivity contribution < 1.29 is 19.1 Å². The normalized spacial score (nSPS) is 18.2. The van der Waals surface area contributed by atoms with Crippen molar-refractivity contribution in [2.24, 2.45) is 0 Å². The van der Waals surface area contributed by atoms with Crippen LogP contribution in [-0.2, 0) is 9.47 Å². The molecule has 24 heavy (non-hydrogen) atoms. The van der Waals surface area contributed by atoms with Crippen LogP contribution < -0.4 is 0 Å². The SMILES string of the molecule is COC(=O)c1ccc(Br)cc1C1CCCN(C(=O)OC(C)(C)C)C1. The quantitative estimate of drug-likeness (QED) is 0.695. The molecular weight excluding hydrogens is 374 g/mol. The highest BCUT2D eigenvalue weighted by Gasteiger charge is 2.30. The Hall–Kier alpha value is -1.56. The molecule has 0 radical (unpaired) electrons. The minimum atomic E-state index is -0.517. The van der Waals surface area contributed by atoms with Crippen molar-refractivity contribution in [1.82, 2.24) is 4.90 Å². The molecule has 1 unspecified atom stereocenters. The molecule has 1 aliphatic rings. The Bertz CT molecular complexity index is 624. The van der Waals surface area contributed by atoms with Gasteiger partial charge in [-0.2, -0.15) is 0 Å². The van der Waals surface area contributed by atoms with E-state index in [1.807, 2.05) is 32.9 Å². The van der Waals surface area contributed by atoms with Crippen LogP contribution >= 0.6 is 15.9 Å². The molecule has 1 saturated heterocycles. The Labute approximate surface area is 151 Å². The van der Waals surface area contributed by atoms with Crippen molar-refractivity contribution in [2.45, 2.75) is 45.1 Å². The van der Waals surface area contributed by atoms with Crippen LogP contribution in [0.2, 0.25) is 0 Å². The van der Waals surface area contributed by atoms with Gasteiger partial charge in [-0.15, -0.1) is 0 Å². The highest BCUT2D eigenvalue weighted by molar-refractivity contribution is 9.10. The van der Waals surface area contributed by atoms with Gasteiger partial charge in [0.15, 0.2) is 0 Å². The zero-order chi connectivity index (χ0) is 17.9. The molecule has 1 heterocycles. The molecule has 0 bridgehead atoms. The van der Waals surface area contributed by atoms with Crippen LogP contribution in [0.3, 0.4) is 0 Å². The molecule has 1 aromatic rings. The van der Waals surface area contributed by atoms with Crippen LogP contribution in [0.25, 0.3) is 0 Å². The van der Waals surface area contributed by atoms with E-state index in [2.05, 4.69) is 15.9 Å². The van der Waals surface area contributed by atoms with Crippen LogP contribution in [-0.4, -0.2) is 42.8 Å². The summed E-state index contributed by atoms with van der Waals surface area (Å²) in [4.78, 5) is 26.1. The van der Waals surface area contributed by atoms with Crippen LogP contribution in [0, 0.1) is 0 Å². The Balaban J connectivity index is 2.22. The van der Waals surface area contributed by atoms with E-state index in [-0.39, 0.29) is 18.0 Å². The number of amides is 1. The number of rotatable bonds is 2. The fourth-order valence-corrected chi connectivity index (χ4v) is 3.27. The fraction of sp³-hybridized carbons (Fsp3) is 0.556. The van der Waals surface area contributed by atoms with E-state index in [0.29, 0.717) is 18.7 Å². The molecule has 1 aromatic carbocycles. The van der Waals surface area contributed by atoms with Crippen LogP contribution in [0.5, 0.6) is 0 Å². The van der Waals surface area contributed by atoms with Gasteiger partial charge in [0, 0.05) is 23.5 Å². The standard InChI is InChI=1S/C18H24BrNO4/c1-18(2,3)24-17(22)20-9-5-6-12(11-20)15-10-13(19)7-8-14(15)16(21)23-4/h7-8,10,12H,5-6,9,11H2,1-4H3. The van der Waals surface area contributed by atoms with Crippen molar-refractivity contribution >= 4 is 28.0 Å². The number of nitrogens with zero attached hydrogens (tertiary/aromatic N) is 1. The number of benzene rings is 1. The van der Waals surface area contributed by atoms with Gasteiger partial charge in [-0.25, -0.2) is 9.59 Å². The van der Waals surface area contributed by atoms with Crippen LogP contribution in [0.1, 0.15) is 55.5 Å². The van der Waals surface area contributed by atoms with E-state index >= 15 is 0 Å². The maximum atomic E-state index is 12.3. The minimum Gasteiger partial charge on any atom is -0.465 e. The second kappa shape index (κ2) is 7.55. The number of hydrogen-bond donors (Lipinski definition) is 0. The van der Waals surface area contributed by atoms with E-state index in [9.17, 15) is 9.59 Å². The number of hydrogen-bond acceptors (Lipinski definition) is 4. The second-order valence-corrected chi connectivity index (χ2v) is 7.90. The van der Waals surface area contributed by atoms with Crippen LogP contribution in [0.15, 0.2) is 22.7 Å². The van der Waals surface area contributed by atoms with Gasteiger partial charge in [-0.3, -0.25) is 0 Å². The summed E-state index contributed by atoms with van der Waals surface area (Å²) >= 11 is 3.46. The number of methoxy groups -OCH3 is 1. The summed E-state index contributed by atoms with van der Waals surface area (Å²) in [6.07, 6.45) is 1.48. The first kappa shape index (κ1) is 18.8. The van der Waals surface area contributed by atoms with E-state index in [0.717, 1.165) is 22.9 Å². The molecule has 1 amide bonds. The molecule has 0 spiro atoms. The number of halogens is 1. The molecular formula is C18H24BrNO4. The fourth-order valence-electron chi connectivity index (χ4n) is 2.89. The van der Waals surface area contributed by atoms with Gasteiger partial charge in [-0.05, 0) is 57.4 Å². The molecule has 0 aromatic heterocycles. The Kier molecular flexibility index (Phi) is 5.91. The first-order valence-electron chi connectivity index (χ1n) is 8.07. The van der Waals surface area contributed by atoms with E-state index in [4.69, 9.17) is 9.47 Å². The molecule has 0 aliphatic carbocycles. The van der Waals surface area contributed by atoms with Gasteiger partial charge in [-0.1, -0.05) is 15.9 Å². The second-order valence-electron chi connectivity index (χ2n) is 6.99. The highest BCUT2D eigenvalue weighted by atomic mass is 79.9. The maximum absolute atomic E-state index is 12.3. The average Bonchev–Trinajstić information content (AvgIpc) is 2.52. The summed E-state index contributed by atoms with van der Waals surface area (Å²) in [7, 11) is 1.38. The van der Waals surface area contributed by atoms with Crippen molar-refractivity contribution in [3.8, 4) is 0 Å². The van der Waals surface area contributed by atoms with Gasteiger partial charge in [0.05, 0.1) is 12.7 Å². The smallest absolute Gasteiger partial charge is 0.410 e. The van der Waals surface area contributed by atoms with Gasteiger partial charge >= 0.3 is 12.1 Å². The lowest BCUT2D eigenvalue weighted by molar-refractivity contribution is 0.0198. The molecule has 1 aliphatic heterocycles. The molecule has 0 N–H and O–H groups in total. The molecule has 132 valence electrons. The predicted octanol–water partition coefficient (Wildman–Crippen LogP) is 4.35. The molecule has 5 nitrogen and oxygen atoms in total. The van der Waals surface area contributed by atoms with Gasteiger partial charge in [0.1, 0.15) is 5.60 Å². The largest absolute Gasteiger partial charge is 0.465 e. The van der Waals surface area contributed by atoms with E-state index in [1.165, 1.54) is 7.11 Å². The van der Waals surface area contributed by atoms with Crippen molar-refractivity contribution in [3.05, 3.63) is 33.8 Å². The van der Waals surface area contributed by atoms with Gasteiger partial charge < -0.3 is 14.4 Å². The molecule has 2 rings (SSSR count). The summed E-state index contributed by atoms with van der Waals surface area (Å²) < 4.78 is 11.3. The van der Waals surface area contributed by atoms with Crippen molar-refractivity contribution in [3.63, 3.8) is 0 Å². The number of ether oxygens (including phenoxy) is 2. The molecule has 6 heteroatoms. The average molecular weight is 398 g/mol. The third-order valence-electron chi connectivity index (χ3n) is 3.93. The van der Waals surface area contributed by atoms with Crippen LogP contribution in [0.4, 0.5) is 4.79 Å². The topological polar surface area (TPSA) is 55.8 Å². The Morgan fingerprint density at radius 3 is 2.62 bits per heavy atom. The monoisotopic (exact) mass is 397 g/mol. The number of esters is 1. The highest BCUT2D eigenvalue weighted by Crippen LogP contribution is 2.32. The van der Waals surface area contributed by atoms with E-state index < -0.39 is 5.60 Å². The Morgan fingerprint density at radius 1 is 1.29 bits per heavy atom. The maximum Gasteiger partial charge on any atom is 0.410 e. The third kappa shape index (κ3) is 4.72. The lowest BCUT2D eigenvalue weighted by atomic mass is 9.87. The number of carbonyl (C=O) groups is 2. The van der Waals surface area contributed by atoms with Crippen molar-refractivity contribution in [1.29, 1.82) is 0 Å². The van der Waals surface area contributed by atoms with E-state index in [1.54, 1.807) is 11.0 Å². The lowest BCUT2D eigenvalue weighted by Gasteiger charge is -2.34. The number of piperidine rings is 1. The lowest BCUT2D eigenvalue weighted by Crippen LogP contribution is -2.42. The molecule has 0 saturated carbocycles. The Morgan fingerprint density at radius 2 is 2.00 bits per heavy atom. The van der Waals surface area contributed by atoms with Gasteiger partial charge in [0.2, 0.25) is 0 Å². The molecule has 1 atom stereocenters. The minimum absolute atomic E-state index is 0.0814. The van der Waals surface area contributed by atoms with Crippen molar-refractivity contribution in [2.75, 3.05) is 20.2 Å². The molecule has 1 fully saturated rings. The first-order valence-corrected chi connectivity index (χ1v) is 8.86. The zero-order valence-corrected chi connectivity index (χ0v) is 16.2.